The van der Waals surface area contributed by atoms with Crippen LogP contribution in [0.4, 0.5) is 0 Å². The number of nitrogens with zero attached hydrogens (tertiary/aromatic N) is 2. The lowest BCUT2D eigenvalue weighted by Gasteiger charge is -2.01. The van der Waals surface area contributed by atoms with E-state index in [0.29, 0.717) is 11.1 Å². The minimum absolute atomic E-state index is 0.178. The molecule has 0 unspecified atom stereocenters. The smallest absolute Gasteiger partial charge is 0.363 e. The highest BCUT2D eigenvalue weighted by Crippen LogP contribution is 2.24. The van der Waals surface area contributed by atoms with E-state index in [9.17, 15) is 9.59 Å². The molecule has 2 heterocycles. The van der Waals surface area contributed by atoms with Gasteiger partial charge in [0.05, 0.1) is 0 Å². The second kappa shape index (κ2) is 8.28. The highest BCUT2D eigenvalue weighted by Gasteiger charge is 2.26. The van der Waals surface area contributed by atoms with Crippen LogP contribution in [0.25, 0.3) is 12.2 Å². The zero-order valence-corrected chi connectivity index (χ0v) is 16.8. The molecule has 3 aromatic carbocycles. The van der Waals surface area contributed by atoms with E-state index in [4.69, 9.17) is 9.47 Å². The molecule has 2 aliphatic heterocycles. The fraction of sp³-hybridized carbons (Fsp3) is 0. The first kappa shape index (κ1) is 19.4. The first-order valence-corrected chi connectivity index (χ1v) is 9.92. The van der Waals surface area contributed by atoms with Gasteiger partial charge in [0, 0.05) is 11.1 Å². The van der Waals surface area contributed by atoms with Crippen molar-refractivity contribution in [2.24, 2.45) is 9.98 Å². The van der Waals surface area contributed by atoms with Crippen LogP contribution in [0.5, 0.6) is 0 Å². The molecule has 0 fully saturated rings. The molecule has 6 heteroatoms. The molecule has 0 atom stereocenters. The van der Waals surface area contributed by atoms with Crippen LogP contribution in [0.15, 0.2) is 106 Å². The number of aliphatic imine (C=N–C) groups is 2. The van der Waals surface area contributed by atoms with Crippen LogP contribution in [-0.2, 0) is 19.1 Å². The Kier molecular flexibility index (Phi) is 5.01. The summed E-state index contributed by atoms with van der Waals surface area (Å²) in [4.78, 5) is 33.4. The summed E-state index contributed by atoms with van der Waals surface area (Å²) in [6.45, 7) is 0. The van der Waals surface area contributed by atoms with Gasteiger partial charge in [-0.05, 0) is 47.5 Å². The molecule has 0 amide bonds. The predicted molar refractivity (Wildman–Crippen MR) is 121 cm³/mol. The Balaban J connectivity index is 1.49. The monoisotopic (exact) mass is 420 g/mol. The Morgan fingerprint density at radius 2 is 0.906 bits per heavy atom. The molecule has 2 aliphatic rings. The molecule has 5 rings (SSSR count). The molecule has 154 valence electrons. The third-order valence-electron chi connectivity index (χ3n) is 4.86. The summed E-state index contributed by atoms with van der Waals surface area (Å²) in [6, 6.07) is 25.7. The van der Waals surface area contributed by atoms with E-state index in [1.165, 1.54) is 0 Å². The molecule has 0 spiro atoms. The Hall–Kier alpha value is -4.58. The lowest BCUT2D eigenvalue weighted by Crippen LogP contribution is -2.05. The van der Waals surface area contributed by atoms with Crippen molar-refractivity contribution in [3.8, 4) is 0 Å². The molecule has 3 aromatic rings. The SMILES string of the molecule is O=C1OC(c2ccccc2)=N/C1=C\c1ccccc1/C=C1\N=C(c2ccccc2)OC1=O. The van der Waals surface area contributed by atoms with Gasteiger partial charge in [-0.15, -0.1) is 0 Å². The van der Waals surface area contributed by atoms with Crippen molar-refractivity contribution in [1.82, 2.24) is 0 Å². The first-order chi connectivity index (χ1) is 15.7. The summed E-state index contributed by atoms with van der Waals surface area (Å²) in [5.41, 5.74) is 3.18. The summed E-state index contributed by atoms with van der Waals surface area (Å²) in [7, 11) is 0. The van der Waals surface area contributed by atoms with E-state index in [0.717, 1.165) is 11.1 Å². The van der Waals surface area contributed by atoms with Gasteiger partial charge in [-0.1, -0.05) is 60.7 Å². The van der Waals surface area contributed by atoms with Gasteiger partial charge >= 0.3 is 11.9 Å². The maximum atomic E-state index is 12.4. The van der Waals surface area contributed by atoms with Crippen molar-refractivity contribution in [2.45, 2.75) is 0 Å². The quantitative estimate of drug-likeness (QED) is 0.464. The number of esters is 2. The summed E-state index contributed by atoms with van der Waals surface area (Å²) in [6.07, 6.45) is 3.26. The fourth-order valence-electron chi connectivity index (χ4n) is 3.30. The number of hydrogen-bond acceptors (Lipinski definition) is 6. The predicted octanol–water partition coefficient (Wildman–Crippen LogP) is 4.38. The van der Waals surface area contributed by atoms with Crippen LogP contribution >= 0.6 is 0 Å². The molecule has 0 radical (unpaired) electrons. The lowest BCUT2D eigenvalue weighted by molar-refractivity contribution is -0.130. The largest absolute Gasteiger partial charge is 0.402 e. The van der Waals surface area contributed by atoms with E-state index >= 15 is 0 Å². The van der Waals surface area contributed by atoms with E-state index in [-0.39, 0.29) is 23.2 Å². The number of carbonyl (C=O) groups is 2. The van der Waals surface area contributed by atoms with Gasteiger partial charge in [0.2, 0.25) is 11.8 Å². The van der Waals surface area contributed by atoms with Crippen LogP contribution in [-0.4, -0.2) is 23.7 Å². The van der Waals surface area contributed by atoms with E-state index in [1.807, 2.05) is 84.9 Å². The van der Waals surface area contributed by atoms with E-state index in [1.54, 1.807) is 12.2 Å². The number of cyclic esters (lactones) is 2. The van der Waals surface area contributed by atoms with Crippen LogP contribution in [0.2, 0.25) is 0 Å². The van der Waals surface area contributed by atoms with Crippen LogP contribution in [0.3, 0.4) is 0 Å². The zero-order chi connectivity index (χ0) is 21.9. The number of ether oxygens (including phenoxy) is 2. The van der Waals surface area contributed by atoms with Crippen molar-refractivity contribution in [1.29, 1.82) is 0 Å². The maximum Gasteiger partial charge on any atom is 0.363 e. The average Bonchev–Trinajstić information content (AvgIpc) is 3.38. The van der Waals surface area contributed by atoms with Gasteiger partial charge in [0.15, 0.2) is 11.4 Å². The third kappa shape index (κ3) is 3.89. The highest BCUT2D eigenvalue weighted by atomic mass is 16.6. The van der Waals surface area contributed by atoms with Gasteiger partial charge in [0.25, 0.3) is 0 Å². The second-order valence-electron chi connectivity index (χ2n) is 7.03. The minimum Gasteiger partial charge on any atom is -0.402 e. The van der Waals surface area contributed by atoms with Gasteiger partial charge in [-0.2, -0.15) is 0 Å². The number of rotatable bonds is 4. The van der Waals surface area contributed by atoms with Crippen molar-refractivity contribution >= 4 is 35.9 Å². The molecular formula is C26H16N2O4. The molecule has 0 saturated carbocycles. The molecule has 0 N–H and O–H groups in total. The van der Waals surface area contributed by atoms with Crippen molar-refractivity contribution in [3.05, 3.63) is 119 Å². The average molecular weight is 420 g/mol. The van der Waals surface area contributed by atoms with Crippen LogP contribution < -0.4 is 0 Å². The van der Waals surface area contributed by atoms with Gasteiger partial charge in [-0.25, -0.2) is 19.6 Å². The molecule has 0 aromatic heterocycles. The Morgan fingerprint density at radius 3 is 1.31 bits per heavy atom. The standard InChI is InChI=1S/C26H16N2O4/c29-25-21(27-23(31-25)17-9-3-1-4-10-17)15-19-13-7-8-14-20(19)16-22-26(30)32-24(28-22)18-11-5-2-6-12-18/h1-16H/b21-15-,22-16-. The van der Waals surface area contributed by atoms with Crippen molar-refractivity contribution in [3.63, 3.8) is 0 Å². The minimum atomic E-state index is -0.532. The Morgan fingerprint density at radius 1 is 0.531 bits per heavy atom. The highest BCUT2D eigenvalue weighted by molar-refractivity contribution is 6.14. The molecule has 0 aliphatic carbocycles. The van der Waals surface area contributed by atoms with E-state index < -0.39 is 11.9 Å². The molecular weight excluding hydrogens is 404 g/mol. The van der Waals surface area contributed by atoms with E-state index in [2.05, 4.69) is 9.98 Å². The normalized spacial score (nSPS) is 17.9. The molecule has 0 bridgehead atoms. The molecule has 6 nitrogen and oxygen atoms in total. The molecule has 32 heavy (non-hydrogen) atoms. The van der Waals surface area contributed by atoms with Crippen molar-refractivity contribution in [2.75, 3.05) is 0 Å². The fourth-order valence-corrected chi connectivity index (χ4v) is 3.30. The third-order valence-corrected chi connectivity index (χ3v) is 4.86. The first-order valence-electron chi connectivity index (χ1n) is 9.92. The van der Waals surface area contributed by atoms with Crippen molar-refractivity contribution < 1.29 is 19.1 Å². The van der Waals surface area contributed by atoms with Gasteiger partial charge in [-0.3, -0.25) is 0 Å². The number of hydrogen-bond donors (Lipinski definition) is 0. The molecule has 0 saturated heterocycles. The summed E-state index contributed by atoms with van der Waals surface area (Å²) < 4.78 is 10.6. The number of carbonyl (C=O) groups excluding carboxylic acids is 2. The van der Waals surface area contributed by atoms with Gasteiger partial charge in [0.1, 0.15) is 0 Å². The summed E-state index contributed by atoms with van der Waals surface area (Å²) in [5.74, 6) is -0.546. The zero-order valence-electron chi connectivity index (χ0n) is 16.8. The topological polar surface area (TPSA) is 77.3 Å². The van der Waals surface area contributed by atoms with Gasteiger partial charge < -0.3 is 9.47 Å². The number of benzene rings is 3. The lowest BCUT2D eigenvalue weighted by atomic mass is 10.1. The Bertz CT molecular complexity index is 1230. The maximum absolute atomic E-state index is 12.4. The summed E-state index contributed by atoms with van der Waals surface area (Å²) in [5, 5.41) is 0. The summed E-state index contributed by atoms with van der Waals surface area (Å²) >= 11 is 0. The van der Waals surface area contributed by atoms with Crippen LogP contribution in [0, 0.1) is 0 Å². The Labute approximate surface area is 183 Å². The van der Waals surface area contributed by atoms with Crippen LogP contribution in [0.1, 0.15) is 22.3 Å². The second-order valence-corrected chi connectivity index (χ2v) is 7.03.